The minimum atomic E-state index is -0.600. The van der Waals surface area contributed by atoms with E-state index in [-0.39, 0.29) is 18.5 Å². The number of aliphatic hydroxyl groups is 1. The Balaban J connectivity index is 0.00000210. The molecule has 2 heterocycles. The van der Waals surface area contributed by atoms with Gasteiger partial charge in [-0.25, -0.2) is 0 Å². The molecule has 0 saturated carbocycles. The van der Waals surface area contributed by atoms with E-state index < -0.39 is 5.60 Å². The SMILES string of the molecule is Cc1ccc(CC2(O)CCN(C[C@H]3Cc4cc(O)ccc4O3)CC2)cc1.Cl. The van der Waals surface area contributed by atoms with Crippen molar-refractivity contribution >= 4 is 12.4 Å². The van der Waals surface area contributed by atoms with Gasteiger partial charge in [0.25, 0.3) is 0 Å². The van der Waals surface area contributed by atoms with Crippen LogP contribution in [0.1, 0.15) is 29.5 Å². The Morgan fingerprint density at radius 3 is 2.52 bits per heavy atom. The van der Waals surface area contributed by atoms with Gasteiger partial charge < -0.3 is 14.9 Å². The number of likely N-dealkylation sites (tertiary alicyclic amines) is 1. The molecule has 0 spiro atoms. The maximum atomic E-state index is 11.0. The highest BCUT2D eigenvalue weighted by Gasteiger charge is 2.34. The number of piperidine rings is 1. The summed E-state index contributed by atoms with van der Waals surface area (Å²) < 4.78 is 6.01. The largest absolute Gasteiger partial charge is 0.508 e. The van der Waals surface area contributed by atoms with Gasteiger partial charge in [0, 0.05) is 38.0 Å². The minimum absolute atomic E-state index is 0. The highest BCUT2D eigenvalue weighted by Crippen LogP contribution is 2.33. The first-order valence-corrected chi connectivity index (χ1v) is 9.48. The van der Waals surface area contributed by atoms with Crippen LogP contribution in [-0.4, -0.2) is 46.5 Å². The zero-order chi connectivity index (χ0) is 18.1. The lowest BCUT2D eigenvalue weighted by Crippen LogP contribution is -2.48. The van der Waals surface area contributed by atoms with Gasteiger partial charge in [-0.15, -0.1) is 12.4 Å². The van der Waals surface area contributed by atoms with Crippen molar-refractivity contribution < 1.29 is 14.9 Å². The van der Waals surface area contributed by atoms with Crippen molar-refractivity contribution in [3.63, 3.8) is 0 Å². The van der Waals surface area contributed by atoms with Crippen LogP contribution in [0.25, 0.3) is 0 Å². The maximum Gasteiger partial charge on any atom is 0.123 e. The van der Waals surface area contributed by atoms with Gasteiger partial charge in [-0.05, 0) is 43.5 Å². The minimum Gasteiger partial charge on any atom is -0.508 e. The van der Waals surface area contributed by atoms with E-state index in [0.717, 1.165) is 56.6 Å². The lowest BCUT2D eigenvalue weighted by Gasteiger charge is -2.39. The van der Waals surface area contributed by atoms with E-state index in [1.54, 1.807) is 12.1 Å². The molecule has 1 fully saturated rings. The number of phenolic OH excluding ortho intramolecular Hbond substituents is 1. The quantitative estimate of drug-likeness (QED) is 0.840. The van der Waals surface area contributed by atoms with Crippen LogP contribution in [-0.2, 0) is 12.8 Å². The van der Waals surface area contributed by atoms with Crippen molar-refractivity contribution in [1.29, 1.82) is 0 Å². The lowest BCUT2D eigenvalue weighted by atomic mass is 9.85. The Bertz CT molecular complexity index is 770. The van der Waals surface area contributed by atoms with Gasteiger partial charge in [0.05, 0.1) is 5.60 Å². The highest BCUT2D eigenvalue weighted by atomic mass is 35.5. The molecule has 0 amide bonds. The Kier molecular flexibility index (Phi) is 5.99. The second-order valence-corrected chi connectivity index (χ2v) is 7.92. The van der Waals surface area contributed by atoms with Gasteiger partial charge >= 0.3 is 0 Å². The molecule has 1 saturated heterocycles. The van der Waals surface area contributed by atoms with Crippen LogP contribution < -0.4 is 4.74 Å². The Morgan fingerprint density at radius 1 is 1.11 bits per heavy atom. The molecule has 0 aliphatic carbocycles. The normalized spacial score (nSPS) is 21.2. The highest BCUT2D eigenvalue weighted by molar-refractivity contribution is 5.85. The predicted octanol–water partition coefficient (Wildman–Crippen LogP) is 3.50. The summed E-state index contributed by atoms with van der Waals surface area (Å²) in [7, 11) is 0. The van der Waals surface area contributed by atoms with Crippen molar-refractivity contribution in [2.45, 2.75) is 44.3 Å². The lowest BCUT2D eigenvalue weighted by molar-refractivity contribution is -0.0265. The van der Waals surface area contributed by atoms with Crippen LogP contribution in [0.5, 0.6) is 11.5 Å². The molecule has 2 aliphatic heterocycles. The van der Waals surface area contributed by atoms with E-state index in [1.807, 2.05) is 6.07 Å². The average Bonchev–Trinajstić information content (AvgIpc) is 3.01. The number of phenols is 1. The Labute approximate surface area is 167 Å². The summed E-state index contributed by atoms with van der Waals surface area (Å²) in [5, 5.41) is 20.6. The fraction of sp³-hybridized carbons (Fsp3) is 0.455. The van der Waals surface area contributed by atoms with E-state index in [4.69, 9.17) is 4.74 Å². The number of hydrogen-bond donors (Lipinski definition) is 2. The first-order valence-electron chi connectivity index (χ1n) is 9.48. The summed E-state index contributed by atoms with van der Waals surface area (Å²) in [6.45, 7) is 4.74. The summed E-state index contributed by atoms with van der Waals surface area (Å²) in [5.74, 6) is 1.19. The first kappa shape index (κ1) is 20.0. The molecule has 4 rings (SSSR count). The zero-order valence-electron chi connectivity index (χ0n) is 15.7. The third-order valence-electron chi connectivity index (χ3n) is 5.69. The number of ether oxygens (including phenoxy) is 1. The first-order chi connectivity index (χ1) is 12.5. The molecule has 2 N–H and O–H groups in total. The number of aromatic hydroxyl groups is 1. The monoisotopic (exact) mass is 389 g/mol. The van der Waals surface area contributed by atoms with Gasteiger partial charge in [-0.2, -0.15) is 0 Å². The number of benzene rings is 2. The summed E-state index contributed by atoms with van der Waals surface area (Å²) in [5.41, 5.74) is 2.95. The van der Waals surface area contributed by atoms with Crippen LogP contribution in [0, 0.1) is 6.92 Å². The van der Waals surface area contributed by atoms with E-state index in [1.165, 1.54) is 11.1 Å². The van der Waals surface area contributed by atoms with Gasteiger partial charge in [0.1, 0.15) is 17.6 Å². The maximum absolute atomic E-state index is 11.0. The molecule has 2 aromatic rings. The number of aryl methyl sites for hydroxylation is 1. The number of rotatable bonds is 4. The number of halogens is 1. The summed E-state index contributed by atoms with van der Waals surface area (Å²) >= 11 is 0. The molecule has 1 atom stereocenters. The molecule has 5 heteroatoms. The third kappa shape index (κ3) is 4.75. The van der Waals surface area contributed by atoms with Crippen molar-refractivity contribution in [2.24, 2.45) is 0 Å². The smallest absolute Gasteiger partial charge is 0.123 e. The van der Waals surface area contributed by atoms with Gasteiger partial charge in [0.2, 0.25) is 0 Å². The topological polar surface area (TPSA) is 52.9 Å². The van der Waals surface area contributed by atoms with E-state index in [2.05, 4.69) is 36.1 Å². The van der Waals surface area contributed by atoms with E-state index >= 15 is 0 Å². The van der Waals surface area contributed by atoms with Crippen molar-refractivity contribution in [3.05, 3.63) is 59.2 Å². The molecular weight excluding hydrogens is 362 g/mol. The van der Waals surface area contributed by atoms with Gasteiger partial charge in [-0.3, -0.25) is 4.90 Å². The molecule has 0 aromatic heterocycles. The number of nitrogens with zero attached hydrogens (tertiary/aromatic N) is 1. The molecular formula is C22H28ClNO3. The zero-order valence-corrected chi connectivity index (χ0v) is 16.5. The molecule has 0 unspecified atom stereocenters. The van der Waals surface area contributed by atoms with E-state index in [9.17, 15) is 10.2 Å². The fourth-order valence-electron chi connectivity index (χ4n) is 4.11. The third-order valence-corrected chi connectivity index (χ3v) is 5.69. The summed E-state index contributed by atoms with van der Waals surface area (Å²) in [6.07, 6.45) is 3.29. The summed E-state index contributed by atoms with van der Waals surface area (Å²) in [6, 6.07) is 13.8. The van der Waals surface area contributed by atoms with Crippen molar-refractivity contribution in [1.82, 2.24) is 4.90 Å². The number of fused-ring (bicyclic) bond motifs is 1. The van der Waals surface area contributed by atoms with Crippen LogP contribution >= 0.6 is 12.4 Å². The molecule has 2 aliphatic rings. The second kappa shape index (κ2) is 8.09. The molecule has 0 radical (unpaired) electrons. The molecule has 4 nitrogen and oxygen atoms in total. The molecule has 2 aromatic carbocycles. The second-order valence-electron chi connectivity index (χ2n) is 7.92. The standard InChI is InChI=1S/C22H27NO3.ClH/c1-16-2-4-17(5-3-16)14-22(25)8-10-23(11-9-22)15-20-13-18-12-19(24)6-7-21(18)26-20;/h2-7,12,20,24-25H,8-11,13-15H2,1H3;1H/t20-;/m1./s1. The average molecular weight is 390 g/mol. The Morgan fingerprint density at radius 2 is 1.81 bits per heavy atom. The van der Waals surface area contributed by atoms with Crippen molar-refractivity contribution in [2.75, 3.05) is 19.6 Å². The van der Waals surface area contributed by atoms with Crippen LogP contribution in [0.2, 0.25) is 0 Å². The molecule has 146 valence electrons. The molecule has 27 heavy (non-hydrogen) atoms. The molecule has 0 bridgehead atoms. The Hall–Kier alpha value is -1.75. The van der Waals surface area contributed by atoms with E-state index in [0.29, 0.717) is 5.75 Å². The van der Waals surface area contributed by atoms with Crippen molar-refractivity contribution in [3.8, 4) is 11.5 Å². The van der Waals surface area contributed by atoms with Crippen LogP contribution in [0.3, 0.4) is 0 Å². The fourth-order valence-corrected chi connectivity index (χ4v) is 4.11. The number of hydrogen-bond acceptors (Lipinski definition) is 4. The predicted molar refractivity (Wildman–Crippen MR) is 109 cm³/mol. The van der Waals surface area contributed by atoms with Crippen LogP contribution in [0.15, 0.2) is 42.5 Å². The van der Waals surface area contributed by atoms with Crippen LogP contribution in [0.4, 0.5) is 0 Å². The van der Waals surface area contributed by atoms with Gasteiger partial charge in [-0.1, -0.05) is 29.8 Å². The summed E-state index contributed by atoms with van der Waals surface area (Å²) in [4.78, 5) is 2.39. The van der Waals surface area contributed by atoms with Gasteiger partial charge in [0.15, 0.2) is 0 Å².